The molecule has 1 aromatic rings. The van der Waals surface area contributed by atoms with Gasteiger partial charge in [-0.2, -0.15) is 19.1 Å². The molecule has 1 rings (SSSR count). The van der Waals surface area contributed by atoms with Crippen molar-refractivity contribution in [2.75, 3.05) is 0 Å². The van der Waals surface area contributed by atoms with Crippen LogP contribution in [0.1, 0.15) is 18.9 Å². The maximum Gasteiger partial charge on any atom is 0 e. The van der Waals surface area contributed by atoms with E-state index in [0.717, 1.165) is 17.7 Å². The Kier molecular flexibility index (Phi) is 11.7. The molecule has 0 saturated heterocycles. The van der Waals surface area contributed by atoms with Gasteiger partial charge in [0.25, 0.3) is 0 Å². The SMILES string of the molecule is CC[CH-]Oc1ccc(Cl)[c-]c1C.[W].[Y]. The van der Waals surface area contributed by atoms with E-state index in [1.165, 1.54) is 0 Å². The van der Waals surface area contributed by atoms with Crippen molar-refractivity contribution in [3.8, 4) is 5.75 Å². The summed E-state index contributed by atoms with van der Waals surface area (Å²) in [7, 11) is 0. The molecule has 0 unspecified atom stereocenters. The zero-order valence-corrected chi connectivity index (χ0v) is 14.7. The van der Waals surface area contributed by atoms with Crippen LogP contribution < -0.4 is 4.74 Å². The van der Waals surface area contributed by atoms with E-state index in [1.54, 1.807) is 12.7 Å². The average Bonchev–Trinajstić information content (AvgIpc) is 2.03. The molecule has 0 N–H and O–H groups in total. The van der Waals surface area contributed by atoms with Gasteiger partial charge in [-0.3, -0.25) is 0 Å². The summed E-state index contributed by atoms with van der Waals surface area (Å²) in [5.41, 5.74) is 0.937. The van der Waals surface area contributed by atoms with Gasteiger partial charge in [0, 0.05) is 53.8 Å². The fourth-order valence-electron chi connectivity index (χ4n) is 0.857. The maximum absolute atomic E-state index is 5.73. The number of aryl methyl sites for hydroxylation is 1. The van der Waals surface area contributed by atoms with E-state index >= 15 is 0 Å². The monoisotopic (exact) mass is 455 g/mol. The third-order valence-electron chi connectivity index (χ3n) is 1.43. The molecule has 4 heteroatoms. The summed E-state index contributed by atoms with van der Waals surface area (Å²) in [5.74, 6) is 0.821. The van der Waals surface area contributed by atoms with Crippen LogP contribution in [0.5, 0.6) is 5.75 Å². The number of hydrogen-bond acceptors (Lipinski definition) is 1. The molecule has 1 aromatic carbocycles. The number of ether oxygens (including phenoxy) is 1. The van der Waals surface area contributed by atoms with Gasteiger partial charge in [-0.25, -0.2) is 0 Å². The summed E-state index contributed by atoms with van der Waals surface area (Å²) in [6.45, 7) is 5.70. The largest absolute Gasteiger partial charge is 0.718 e. The van der Waals surface area contributed by atoms with Crippen molar-refractivity contribution in [3.63, 3.8) is 0 Å². The smallest absolute Gasteiger partial charge is 0 e. The Morgan fingerprint density at radius 3 is 2.64 bits per heavy atom. The van der Waals surface area contributed by atoms with Crippen LogP contribution in [-0.4, -0.2) is 0 Å². The molecule has 0 heterocycles. The van der Waals surface area contributed by atoms with Gasteiger partial charge in [-0.1, -0.05) is 18.9 Å². The Hall–Kier alpha value is 1.10. The van der Waals surface area contributed by atoms with Gasteiger partial charge in [0.1, 0.15) is 0 Å². The van der Waals surface area contributed by atoms with Crippen LogP contribution in [0.2, 0.25) is 5.02 Å². The molecule has 0 aliphatic carbocycles. The van der Waals surface area contributed by atoms with Crippen LogP contribution >= 0.6 is 11.6 Å². The fraction of sp³-hybridized carbons (Fsp3) is 0.300. The van der Waals surface area contributed by atoms with Crippen LogP contribution in [0, 0.1) is 19.6 Å². The molecular weight excluding hydrogens is 444 g/mol. The van der Waals surface area contributed by atoms with Crippen molar-refractivity contribution < 1.29 is 58.5 Å². The summed E-state index contributed by atoms with van der Waals surface area (Å²) < 4.78 is 5.33. The molecule has 0 aliphatic rings. The van der Waals surface area contributed by atoms with Crippen LogP contribution in [-0.2, 0) is 53.8 Å². The summed E-state index contributed by atoms with van der Waals surface area (Å²) in [5, 5.41) is 0.622. The first-order valence-corrected chi connectivity index (χ1v) is 4.28. The molecule has 0 amide bonds. The first-order valence-electron chi connectivity index (χ1n) is 3.90. The van der Waals surface area contributed by atoms with Gasteiger partial charge in [0.15, 0.2) is 0 Å². The van der Waals surface area contributed by atoms with Gasteiger partial charge in [-0.05, 0) is 5.75 Å². The minimum atomic E-state index is 0. The molecule has 0 aliphatic heterocycles. The van der Waals surface area contributed by atoms with E-state index < -0.39 is 0 Å². The molecule has 0 aromatic heterocycles. The zero-order valence-electron chi connectivity index (χ0n) is 8.21. The minimum Gasteiger partial charge on any atom is -0.718 e. The third-order valence-corrected chi connectivity index (χ3v) is 1.65. The maximum atomic E-state index is 5.73. The van der Waals surface area contributed by atoms with E-state index in [9.17, 15) is 0 Å². The Balaban J connectivity index is 0. The van der Waals surface area contributed by atoms with E-state index in [1.807, 2.05) is 19.9 Å². The van der Waals surface area contributed by atoms with Crippen molar-refractivity contribution in [1.29, 1.82) is 0 Å². The van der Waals surface area contributed by atoms with Crippen LogP contribution in [0.15, 0.2) is 12.1 Å². The number of halogens is 1. The number of rotatable bonds is 3. The predicted octanol–water partition coefficient (Wildman–Crippen LogP) is 3.39. The van der Waals surface area contributed by atoms with Crippen molar-refractivity contribution in [2.24, 2.45) is 0 Å². The third kappa shape index (κ3) is 5.86. The Morgan fingerprint density at radius 1 is 1.50 bits per heavy atom. The van der Waals surface area contributed by atoms with Crippen molar-refractivity contribution in [3.05, 3.63) is 35.4 Å². The quantitative estimate of drug-likeness (QED) is 0.636. The standard InChI is InChI=1S/C10H11ClO.W.Y/c1-3-6-12-10-5-4-9(11)7-8(10)2;;/h4-6H,3H2,1-2H3;;/q-2;;. The molecule has 0 fully saturated rings. The van der Waals surface area contributed by atoms with Crippen LogP contribution in [0.3, 0.4) is 0 Å². The summed E-state index contributed by atoms with van der Waals surface area (Å²) in [4.78, 5) is 0. The predicted molar refractivity (Wildman–Crippen MR) is 50.2 cm³/mol. The Bertz CT molecular complexity index is 268. The Morgan fingerprint density at radius 2 is 2.14 bits per heavy atom. The zero-order chi connectivity index (χ0) is 8.97. The van der Waals surface area contributed by atoms with E-state index in [0.29, 0.717) is 5.02 Å². The van der Waals surface area contributed by atoms with Crippen LogP contribution in [0.4, 0.5) is 0 Å². The molecule has 14 heavy (non-hydrogen) atoms. The summed E-state index contributed by atoms with van der Waals surface area (Å²) in [6.07, 6.45) is 0.891. The van der Waals surface area contributed by atoms with Gasteiger partial charge < -0.3 is 4.74 Å². The van der Waals surface area contributed by atoms with Gasteiger partial charge >= 0.3 is 0 Å². The molecule has 1 nitrogen and oxygen atoms in total. The topological polar surface area (TPSA) is 9.23 Å². The minimum absolute atomic E-state index is 0. The number of benzene rings is 1. The second-order valence-electron chi connectivity index (χ2n) is 2.49. The first kappa shape index (κ1) is 17.5. The first-order chi connectivity index (χ1) is 5.74. The summed E-state index contributed by atoms with van der Waals surface area (Å²) >= 11 is 5.73. The molecule has 0 bridgehead atoms. The van der Waals surface area contributed by atoms with Crippen molar-refractivity contribution in [1.82, 2.24) is 0 Å². The normalized spacial score (nSPS) is 8.50. The molecule has 1 radical (unpaired) electrons. The molecule has 0 saturated carbocycles. The van der Waals surface area contributed by atoms with Gasteiger partial charge in [-0.15, -0.1) is 29.3 Å². The Labute approximate surface area is 130 Å². The van der Waals surface area contributed by atoms with E-state index in [-0.39, 0.29) is 53.8 Å². The average molecular weight is 455 g/mol. The molecule has 0 atom stereocenters. The molecular formula is C10H11ClOWY-2. The van der Waals surface area contributed by atoms with E-state index in [4.69, 9.17) is 16.3 Å². The van der Waals surface area contributed by atoms with Crippen LogP contribution in [0.25, 0.3) is 0 Å². The second-order valence-corrected chi connectivity index (χ2v) is 2.90. The van der Waals surface area contributed by atoms with E-state index in [2.05, 4.69) is 6.07 Å². The van der Waals surface area contributed by atoms with Crippen molar-refractivity contribution in [2.45, 2.75) is 20.3 Å². The van der Waals surface area contributed by atoms with Gasteiger partial charge in [0.2, 0.25) is 0 Å². The van der Waals surface area contributed by atoms with Gasteiger partial charge in [0.05, 0.1) is 0 Å². The molecule has 75 valence electrons. The number of hydrogen-bond donors (Lipinski definition) is 0. The second kappa shape index (κ2) is 9.34. The molecule has 0 spiro atoms. The van der Waals surface area contributed by atoms with Crippen molar-refractivity contribution >= 4 is 11.6 Å². The summed E-state index contributed by atoms with van der Waals surface area (Å²) in [6, 6.07) is 6.59. The fourth-order valence-corrected chi connectivity index (χ4v) is 1.06.